The topological polar surface area (TPSA) is 255 Å². The van der Waals surface area contributed by atoms with Gasteiger partial charge >= 0.3 is 88.7 Å². The molecule has 0 spiro atoms. The van der Waals surface area contributed by atoms with Gasteiger partial charge in [0.1, 0.15) is 18.3 Å². The summed E-state index contributed by atoms with van der Waals surface area (Å²) in [4.78, 5) is 0. The van der Waals surface area contributed by atoms with Crippen molar-refractivity contribution in [2.75, 3.05) is 6.61 Å². The van der Waals surface area contributed by atoms with E-state index in [1.54, 1.807) is 0 Å². The van der Waals surface area contributed by atoms with Crippen LogP contribution in [0.25, 0.3) is 0 Å². The Balaban J connectivity index is -0.00000192. The maximum atomic E-state index is 10.7. The maximum absolute atomic E-state index is 10.7. The van der Waals surface area contributed by atoms with Crippen molar-refractivity contribution < 1.29 is 150 Å². The molecule has 1 heterocycles. The van der Waals surface area contributed by atoms with Gasteiger partial charge in [0, 0.05) is 0 Å². The molecule has 1 rings (SSSR count). The van der Waals surface area contributed by atoms with E-state index in [1.807, 2.05) is 0 Å². The third-order valence-electron chi connectivity index (χ3n) is 2.55. The number of rotatable bonds is 7. The summed E-state index contributed by atoms with van der Waals surface area (Å²) in [5, 5.41) is 9.47. The molecule has 5 unspecified atom stereocenters. The van der Waals surface area contributed by atoms with Crippen LogP contribution in [0.4, 0.5) is 0 Å². The van der Waals surface area contributed by atoms with E-state index in [2.05, 4.69) is 17.3 Å². The fourth-order valence-electron chi connectivity index (χ4n) is 1.73. The molecule has 1 fully saturated rings. The molecule has 0 aromatic carbocycles. The van der Waals surface area contributed by atoms with Crippen LogP contribution in [0.15, 0.2) is 0 Å². The molecule has 1 saturated heterocycles. The first-order chi connectivity index (χ1) is 10.6. The molecular formula is C6H10NNa3O14S3. The predicted octanol–water partition coefficient (Wildman–Crippen LogP) is -13.8. The molecule has 0 aromatic rings. The first-order valence-electron chi connectivity index (χ1n) is 5.56. The van der Waals surface area contributed by atoms with Gasteiger partial charge in [0.15, 0.2) is 6.29 Å². The molecule has 15 nitrogen and oxygen atoms in total. The molecule has 144 valence electrons. The van der Waals surface area contributed by atoms with E-state index in [4.69, 9.17) is 5.73 Å². The van der Waals surface area contributed by atoms with Gasteiger partial charge in [-0.2, -0.15) is 0 Å². The van der Waals surface area contributed by atoms with E-state index < -0.39 is 68.4 Å². The van der Waals surface area contributed by atoms with Crippen LogP contribution in [0.1, 0.15) is 0 Å². The molecule has 0 bridgehead atoms. The second kappa shape index (κ2) is 13.1. The van der Waals surface area contributed by atoms with E-state index in [0.29, 0.717) is 0 Å². The molecule has 5 atom stereocenters. The molecule has 27 heavy (non-hydrogen) atoms. The summed E-state index contributed by atoms with van der Waals surface area (Å²) >= 11 is 0. The van der Waals surface area contributed by atoms with Gasteiger partial charge in [-0.3, -0.25) is 12.5 Å². The number of nitrogens with two attached hydrogens (primary N) is 1. The normalized spacial score (nSPS) is 29.0. The number of aliphatic hydroxyl groups is 1. The van der Waals surface area contributed by atoms with E-state index in [1.165, 1.54) is 0 Å². The summed E-state index contributed by atoms with van der Waals surface area (Å²) in [5.74, 6) is 0. The van der Waals surface area contributed by atoms with Crippen LogP contribution >= 0.6 is 0 Å². The Morgan fingerprint density at radius 3 is 1.63 bits per heavy atom. The van der Waals surface area contributed by atoms with Crippen molar-refractivity contribution in [1.29, 1.82) is 0 Å². The largest absolute Gasteiger partial charge is 1.00 e. The van der Waals surface area contributed by atoms with E-state index >= 15 is 0 Å². The van der Waals surface area contributed by atoms with Crippen LogP contribution in [0.5, 0.6) is 0 Å². The fourth-order valence-corrected chi connectivity index (χ4v) is 3.05. The van der Waals surface area contributed by atoms with Crippen LogP contribution < -0.4 is 94.4 Å². The summed E-state index contributed by atoms with van der Waals surface area (Å²) in [7, 11) is -16.4. The number of hydrogen-bond acceptors (Lipinski definition) is 15. The van der Waals surface area contributed by atoms with E-state index in [9.17, 15) is 44.0 Å². The number of hydrogen-bond donors (Lipinski definition) is 2. The average Bonchev–Trinajstić information content (AvgIpc) is 2.32. The van der Waals surface area contributed by atoms with Crippen molar-refractivity contribution in [2.45, 2.75) is 30.6 Å². The van der Waals surface area contributed by atoms with Gasteiger partial charge in [-0.05, 0) is 0 Å². The minimum atomic E-state index is -5.57. The van der Waals surface area contributed by atoms with Crippen LogP contribution in [-0.4, -0.2) is 81.3 Å². The molecule has 0 amide bonds. The van der Waals surface area contributed by atoms with Crippen molar-refractivity contribution in [1.82, 2.24) is 0 Å². The first kappa shape index (κ1) is 34.1. The zero-order valence-corrected chi connectivity index (χ0v) is 22.6. The summed E-state index contributed by atoms with van der Waals surface area (Å²) in [6.45, 7) is -1.31. The van der Waals surface area contributed by atoms with Crippen molar-refractivity contribution in [2.24, 2.45) is 5.73 Å². The molecule has 0 saturated carbocycles. The number of aliphatic hydroxyl groups excluding tert-OH is 1. The van der Waals surface area contributed by atoms with Crippen LogP contribution in [0, 0.1) is 0 Å². The van der Waals surface area contributed by atoms with E-state index in [-0.39, 0.29) is 88.7 Å². The second-order valence-corrected chi connectivity index (χ2v) is 7.34. The molecule has 1 aliphatic heterocycles. The molecular weight excluding hydrogens is 475 g/mol. The Labute approximate surface area is 221 Å². The van der Waals surface area contributed by atoms with Gasteiger partial charge in [-0.15, -0.1) is 0 Å². The average molecular weight is 485 g/mol. The molecule has 0 radical (unpaired) electrons. The molecule has 1 aliphatic rings. The third-order valence-corrected chi connectivity index (χ3v) is 3.89. The van der Waals surface area contributed by atoms with E-state index in [0.717, 1.165) is 0 Å². The predicted molar refractivity (Wildman–Crippen MR) is 63.6 cm³/mol. The van der Waals surface area contributed by atoms with Gasteiger partial charge in [0.05, 0.1) is 12.6 Å². The summed E-state index contributed by atoms with van der Waals surface area (Å²) < 4.78 is 112. The Morgan fingerprint density at radius 1 is 0.852 bits per heavy atom. The quantitative estimate of drug-likeness (QED) is 0.193. The monoisotopic (exact) mass is 485 g/mol. The SMILES string of the molecule is NC1C(O)OC(COS(=O)(=O)[O-])C(OS(=O)(=O)[O-])C1OS(=O)(=O)[O-].[Na+].[Na+].[Na+]. The Morgan fingerprint density at radius 2 is 1.26 bits per heavy atom. The minimum absolute atomic E-state index is 0. The van der Waals surface area contributed by atoms with Gasteiger partial charge in [-0.1, -0.05) is 0 Å². The van der Waals surface area contributed by atoms with Gasteiger partial charge in [-0.25, -0.2) is 25.3 Å². The molecule has 3 N–H and O–H groups in total. The summed E-state index contributed by atoms with van der Waals surface area (Å²) in [5.41, 5.74) is 5.28. The van der Waals surface area contributed by atoms with Gasteiger partial charge in [0.25, 0.3) is 0 Å². The standard InChI is InChI=1S/C6H13NO14S3.3Na/c7-3-5(21-24(15,16)17)4(20-23(12,13)14)2(19-6(3)8)1-18-22(9,10)11;;;/h2-6,8H,1,7H2,(H,9,10,11)(H,12,13,14)(H,15,16,17);;;/q;3*+1/p-3. The Kier molecular flexibility index (Phi) is 16.6. The van der Waals surface area contributed by atoms with Crippen LogP contribution in [0.2, 0.25) is 0 Å². The fraction of sp³-hybridized carbons (Fsp3) is 1.00. The zero-order valence-electron chi connectivity index (χ0n) is 14.2. The molecule has 21 heteroatoms. The van der Waals surface area contributed by atoms with Crippen molar-refractivity contribution in [3.05, 3.63) is 0 Å². The Hall–Kier alpha value is 2.49. The van der Waals surface area contributed by atoms with Gasteiger partial charge in [0.2, 0.25) is 31.2 Å². The first-order valence-corrected chi connectivity index (χ1v) is 9.56. The van der Waals surface area contributed by atoms with Crippen molar-refractivity contribution >= 4 is 31.2 Å². The van der Waals surface area contributed by atoms with Crippen molar-refractivity contribution in [3.63, 3.8) is 0 Å². The minimum Gasteiger partial charge on any atom is -0.726 e. The Bertz CT molecular complexity index is 755. The zero-order chi connectivity index (χ0) is 18.9. The second-order valence-electron chi connectivity index (χ2n) is 4.27. The van der Waals surface area contributed by atoms with Crippen LogP contribution in [-0.2, 0) is 48.5 Å². The smallest absolute Gasteiger partial charge is 0.726 e. The molecule has 0 aliphatic carbocycles. The number of ether oxygens (including phenoxy) is 1. The maximum Gasteiger partial charge on any atom is 1.00 e. The van der Waals surface area contributed by atoms with Crippen LogP contribution in [0.3, 0.4) is 0 Å². The van der Waals surface area contributed by atoms with Crippen molar-refractivity contribution in [3.8, 4) is 0 Å². The van der Waals surface area contributed by atoms with Gasteiger partial charge < -0.3 is 29.2 Å². The summed E-state index contributed by atoms with van der Waals surface area (Å²) in [6.07, 6.45) is -8.74. The summed E-state index contributed by atoms with van der Waals surface area (Å²) in [6, 6.07) is -1.90. The third kappa shape index (κ3) is 13.5. The molecule has 0 aromatic heterocycles.